The minimum atomic E-state index is 0.400. The molecule has 0 saturated heterocycles. The van der Waals surface area contributed by atoms with E-state index >= 15 is 0 Å². The van der Waals surface area contributed by atoms with Gasteiger partial charge in [-0.05, 0) is 45.8 Å². The topological polar surface area (TPSA) is 51.8 Å². The van der Waals surface area contributed by atoms with Crippen molar-refractivity contribution in [2.24, 2.45) is 5.73 Å². The van der Waals surface area contributed by atoms with Crippen molar-refractivity contribution in [2.75, 3.05) is 0 Å². The van der Waals surface area contributed by atoms with Crippen LogP contribution in [0.2, 0.25) is 5.02 Å². The summed E-state index contributed by atoms with van der Waals surface area (Å²) in [5.41, 5.74) is 10.2. The van der Waals surface area contributed by atoms with Gasteiger partial charge >= 0.3 is 0 Å². The third-order valence-corrected chi connectivity index (χ3v) is 3.86. The summed E-state index contributed by atoms with van der Waals surface area (Å²) in [5, 5.41) is 0.666. The van der Waals surface area contributed by atoms with Crippen LogP contribution in [0.3, 0.4) is 0 Å². The fraction of sp³-hybridized carbons (Fsp3) is 0.0667. The highest BCUT2D eigenvalue weighted by molar-refractivity contribution is 9.10. The summed E-state index contributed by atoms with van der Waals surface area (Å²) < 4.78 is 0.702. The molecule has 0 saturated carbocycles. The molecular formula is C15H11BrClN3. The van der Waals surface area contributed by atoms with Crippen molar-refractivity contribution < 1.29 is 0 Å². The van der Waals surface area contributed by atoms with Gasteiger partial charge in [-0.1, -0.05) is 29.8 Å². The maximum Gasteiger partial charge on any atom is 0.133 e. The van der Waals surface area contributed by atoms with E-state index in [1.807, 2.05) is 42.5 Å². The molecule has 0 aliphatic rings. The summed E-state index contributed by atoms with van der Waals surface area (Å²) in [4.78, 5) is 9.21. The number of hydrogen-bond donors (Lipinski definition) is 1. The number of halogens is 2. The van der Waals surface area contributed by atoms with Gasteiger partial charge in [-0.15, -0.1) is 0 Å². The molecule has 0 unspecified atom stereocenters. The van der Waals surface area contributed by atoms with Crippen molar-refractivity contribution >= 4 is 38.6 Å². The average molecular weight is 349 g/mol. The Morgan fingerprint density at radius 1 is 1.05 bits per heavy atom. The summed E-state index contributed by atoms with van der Waals surface area (Å²) >= 11 is 9.50. The monoisotopic (exact) mass is 347 g/mol. The number of rotatable bonds is 2. The number of nitrogens with zero attached hydrogens (tertiary/aromatic N) is 2. The van der Waals surface area contributed by atoms with Crippen molar-refractivity contribution in [1.29, 1.82) is 0 Å². The molecule has 2 N–H and O–H groups in total. The second kappa shape index (κ2) is 5.48. The number of para-hydroxylation sites is 2. The van der Waals surface area contributed by atoms with Crippen LogP contribution in [0, 0.1) is 0 Å². The van der Waals surface area contributed by atoms with Crippen LogP contribution in [0.5, 0.6) is 0 Å². The molecule has 2 aromatic carbocycles. The Balaban J connectivity index is 2.26. The van der Waals surface area contributed by atoms with Gasteiger partial charge in [0.2, 0.25) is 0 Å². The van der Waals surface area contributed by atoms with E-state index in [4.69, 9.17) is 17.3 Å². The molecule has 0 aliphatic carbocycles. The normalized spacial score (nSPS) is 10.9. The first-order chi connectivity index (χ1) is 9.69. The zero-order valence-electron chi connectivity index (χ0n) is 10.5. The summed E-state index contributed by atoms with van der Waals surface area (Å²) in [6, 6.07) is 13.4. The summed E-state index contributed by atoms with van der Waals surface area (Å²) in [5.74, 6) is 0. The standard InChI is InChI=1S/C15H11BrClN3/c16-15-14(11-6-5-10(17)7-9(11)8-18)19-12-3-1-2-4-13(12)20-15/h1-7H,8,18H2. The van der Waals surface area contributed by atoms with Gasteiger partial charge in [0.15, 0.2) is 0 Å². The third-order valence-electron chi connectivity index (χ3n) is 3.07. The van der Waals surface area contributed by atoms with E-state index in [9.17, 15) is 0 Å². The highest BCUT2D eigenvalue weighted by Crippen LogP contribution is 2.31. The Bertz CT molecular complexity index is 789. The smallest absolute Gasteiger partial charge is 0.133 e. The molecule has 5 heteroatoms. The molecule has 1 aromatic heterocycles. The van der Waals surface area contributed by atoms with E-state index < -0.39 is 0 Å². The average Bonchev–Trinajstić information content (AvgIpc) is 2.46. The lowest BCUT2D eigenvalue weighted by Gasteiger charge is -2.10. The molecule has 0 bridgehead atoms. The third kappa shape index (κ3) is 2.42. The zero-order chi connectivity index (χ0) is 14.1. The lowest BCUT2D eigenvalue weighted by molar-refractivity contribution is 1.07. The van der Waals surface area contributed by atoms with Crippen LogP contribution in [0.1, 0.15) is 5.56 Å². The van der Waals surface area contributed by atoms with Gasteiger partial charge in [0.05, 0.1) is 11.0 Å². The first-order valence-corrected chi connectivity index (χ1v) is 7.27. The highest BCUT2D eigenvalue weighted by atomic mass is 79.9. The lowest BCUT2D eigenvalue weighted by atomic mass is 10.0. The van der Waals surface area contributed by atoms with Gasteiger partial charge in [0.1, 0.15) is 10.3 Å². The zero-order valence-corrected chi connectivity index (χ0v) is 12.8. The molecule has 0 aliphatic heterocycles. The van der Waals surface area contributed by atoms with Crippen molar-refractivity contribution in [3.05, 3.63) is 57.7 Å². The van der Waals surface area contributed by atoms with Crippen LogP contribution >= 0.6 is 27.5 Å². The van der Waals surface area contributed by atoms with Gasteiger partial charge in [-0.2, -0.15) is 0 Å². The van der Waals surface area contributed by atoms with Crippen LogP contribution in [0.4, 0.5) is 0 Å². The van der Waals surface area contributed by atoms with Gasteiger partial charge in [-0.25, -0.2) is 9.97 Å². The Hall–Kier alpha value is -1.49. The van der Waals surface area contributed by atoms with Crippen molar-refractivity contribution in [2.45, 2.75) is 6.54 Å². The van der Waals surface area contributed by atoms with Crippen LogP contribution in [-0.4, -0.2) is 9.97 Å². The van der Waals surface area contributed by atoms with E-state index in [2.05, 4.69) is 25.9 Å². The van der Waals surface area contributed by atoms with Crippen molar-refractivity contribution in [3.63, 3.8) is 0 Å². The van der Waals surface area contributed by atoms with E-state index in [-0.39, 0.29) is 0 Å². The molecule has 0 amide bonds. The van der Waals surface area contributed by atoms with Crippen LogP contribution in [0.15, 0.2) is 47.1 Å². The molecule has 0 atom stereocenters. The Morgan fingerprint density at radius 2 is 1.75 bits per heavy atom. The minimum absolute atomic E-state index is 0.400. The summed E-state index contributed by atoms with van der Waals surface area (Å²) in [7, 11) is 0. The summed E-state index contributed by atoms with van der Waals surface area (Å²) in [6.07, 6.45) is 0. The van der Waals surface area contributed by atoms with E-state index in [1.54, 1.807) is 0 Å². The first kappa shape index (κ1) is 13.5. The molecule has 20 heavy (non-hydrogen) atoms. The number of benzene rings is 2. The number of nitrogens with two attached hydrogens (primary N) is 1. The number of fused-ring (bicyclic) bond motifs is 1. The minimum Gasteiger partial charge on any atom is -0.326 e. The molecule has 0 spiro atoms. The van der Waals surface area contributed by atoms with Crippen LogP contribution < -0.4 is 5.73 Å². The van der Waals surface area contributed by atoms with Gasteiger partial charge in [0.25, 0.3) is 0 Å². The second-order valence-electron chi connectivity index (χ2n) is 4.36. The van der Waals surface area contributed by atoms with Crippen LogP contribution in [-0.2, 0) is 6.54 Å². The molecule has 0 radical (unpaired) electrons. The molecule has 1 heterocycles. The fourth-order valence-electron chi connectivity index (χ4n) is 2.11. The van der Waals surface area contributed by atoms with Crippen molar-refractivity contribution in [3.8, 4) is 11.3 Å². The molecule has 3 aromatic rings. The van der Waals surface area contributed by atoms with E-state index in [0.717, 1.165) is 27.9 Å². The first-order valence-electron chi connectivity index (χ1n) is 6.10. The molecule has 3 rings (SSSR count). The van der Waals surface area contributed by atoms with Gasteiger partial charge in [-0.3, -0.25) is 0 Å². The van der Waals surface area contributed by atoms with Crippen molar-refractivity contribution in [1.82, 2.24) is 9.97 Å². The quantitative estimate of drug-likeness (QED) is 0.756. The lowest BCUT2D eigenvalue weighted by Crippen LogP contribution is -2.01. The fourth-order valence-corrected chi connectivity index (χ4v) is 2.80. The summed E-state index contributed by atoms with van der Waals surface area (Å²) in [6.45, 7) is 0.400. The predicted molar refractivity (Wildman–Crippen MR) is 85.6 cm³/mol. The largest absolute Gasteiger partial charge is 0.326 e. The second-order valence-corrected chi connectivity index (χ2v) is 5.54. The molecule has 100 valence electrons. The maximum absolute atomic E-state index is 6.01. The Morgan fingerprint density at radius 3 is 2.45 bits per heavy atom. The van der Waals surface area contributed by atoms with Gasteiger partial charge in [0, 0.05) is 17.1 Å². The van der Waals surface area contributed by atoms with E-state index in [1.165, 1.54) is 0 Å². The maximum atomic E-state index is 6.01. The predicted octanol–water partition coefficient (Wildman–Crippen LogP) is 4.17. The highest BCUT2D eigenvalue weighted by Gasteiger charge is 2.12. The molecule has 3 nitrogen and oxygen atoms in total. The molecule has 0 fully saturated rings. The van der Waals surface area contributed by atoms with Crippen LogP contribution in [0.25, 0.3) is 22.3 Å². The van der Waals surface area contributed by atoms with E-state index in [0.29, 0.717) is 16.2 Å². The number of hydrogen-bond acceptors (Lipinski definition) is 3. The van der Waals surface area contributed by atoms with Gasteiger partial charge < -0.3 is 5.73 Å². The number of aromatic nitrogens is 2. The Kier molecular flexibility index (Phi) is 3.70. The Labute approximate surface area is 129 Å². The molecular weight excluding hydrogens is 338 g/mol. The SMILES string of the molecule is NCc1cc(Cl)ccc1-c1nc2ccccc2nc1Br.